The third-order valence-electron chi connectivity index (χ3n) is 3.33. The highest BCUT2D eigenvalue weighted by molar-refractivity contribution is 6.30. The third kappa shape index (κ3) is 4.72. The zero-order valence-electron chi connectivity index (χ0n) is 12.9. The lowest BCUT2D eigenvalue weighted by molar-refractivity contribution is 0.0963. The van der Waals surface area contributed by atoms with Crippen molar-refractivity contribution in [3.05, 3.63) is 64.2 Å². The van der Waals surface area contributed by atoms with E-state index in [1.165, 1.54) is 0 Å². The zero-order valence-corrected chi connectivity index (χ0v) is 13.7. The maximum absolute atomic E-state index is 11.9. The second-order valence-electron chi connectivity index (χ2n) is 5.04. The fraction of sp³-hybridized carbons (Fsp3) is 0.176. The summed E-state index contributed by atoms with van der Waals surface area (Å²) in [4.78, 5) is 23.4. The summed E-state index contributed by atoms with van der Waals surface area (Å²) in [5, 5.41) is 8.73. The first kappa shape index (κ1) is 16.8. The average Bonchev–Trinajstić information content (AvgIpc) is 2.55. The molecule has 23 heavy (non-hydrogen) atoms. The second-order valence-corrected chi connectivity index (χ2v) is 5.48. The van der Waals surface area contributed by atoms with E-state index in [4.69, 9.17) is 11.6 Å². The second kappa shape index (κ2) is 7.65. The normalized spacial score (nSPS) is 10.0. The fourth-order valence-corrected chi connectivity index (χ4v) is 2.26. The maximum Gasteiger partial charge on any atom is 0.319 e. The number of hydrogen-bond donors (Lipinski definition) is 3. The van der Waals surface area contributed by atoms with Gasteiger partial charge in [0.15, 0.2) is 0 Å². The molecule has 0 aliphatic heterocycles. The largest absolute Gasteiger partial charge is 0.355 e. The number of halogens is 1. The predicted octanol–water partition coefficient (Wildman–Crippen LogP) is 3.33. The molecule has 0 aliphatic carbocycles. The Balaban J connectivity index is 1.90. The first-order valence-electron chi connectivity index (χ1n) is 7.11. The minimum Gasteiger partial charge on any atom is -0.355 e. The summed E-state index contributed by atoms with van der Waals surface area (Å²) >= 11 is 5.88. The minimum absolute atomic E-state index is 0.138. The molecule has 0 bridgehead atoms. The molecule has 0 heterocycles. The van der Waals surface area contributed by atoms with Crippen LogP contribution in [0, 0.1) is 6.92 Å². The van der Waals surface area contributed by atoms with Gasteiger partial charge in [0, 0.05) is 29.9 Å². The third-order valence-corrected chi connectivity index (χ3v) is 3.57. The average molecular weight is 332 g/mol. The molecule has 2 aromatic carbocycles. The van der Waals surface area contributed by atoms with Crippen molar-refractivity contribution in [2.75, 3.05) is 12.4 Å². The Labute approximate surface area is 140 Å². The predicted molar refractivity (Wildman–Crippen MR) is 91.9 cm³/mol. The molecule has 3 amide bonds. The number of benzene rings is 2. The number of amides is 3. The summed E-state index contributed by atoms with van der Waals surface area (Å²) in [6, 6.07) is 12.0. The fourth-order valence-electron chi connectivity index (χ4n) is 2.03. The van der Waals surface area contributed by atoms with Gasteiger partial charge in [-0.1, -0.05) is 23.7 Å². The monoisotopic (exact) mass is 331 g/mol. The first-order chi connectivity index (χ1) is 11.0. The molecule has 0 atom stereocenters. The Morgan fingerprint density at radius 2 is 1.78 bits per heavy atom. The molecule has 6 heteroatoms. The van der Waals surface area contributed by atoms with Crippen molar-refractivity contribution in [1.82, 2.24) is 10.6 Å². The van der Waals surface area contributed by atoms with Crippen LogP contribution in [0.5, 0.6) is 0 Å². The molecular formula is C17H18ClN3O2. The molecule has 0 radical (unpaired) electrons. The molecule has 2 aromatic rings. The Hall–Kier alpha value is -2.53. The number of carbonyl (C=O) groups excluding carboxylic acids is 2. The molecule has 0 unspecified atom stereocenters. The van der Waals surface area contributed by atoms with Gasteiger partial charge in [-0.05, 0) is 48.4 Å². The van der Waals surface area contributed by atoms with Crippen molar-refractivity contribution in [3.8, 4) is 0 Å². The van der Waals surface area contributed by atoms with Gasteiger partial charge in [0.25, 0.3) is 5.91 Å². The van der Waals surface area contributed by atoms with Crippen LogP contribution in [0.3, 0.4) is 0 Å². The lowest BCUT2D eigenvalue weighted by Gasteiger charge is -2.10. The van der Waals surface area contributed by atoms with Gasteiger partial charge in [0.2, 0.25) is 0 Å². The van der Waals surface area contributed by atoms with Crippen molar-refractivity contribution < 1.29 is 9.59 Å². The molecule has 0 saturated heterocycles. The molecule has 120 valence electrons. The Morgan fingerprint density at radius 1 is 1.09 bits per heavy atom. The SMILES string of the molecule is CNC(=O)c1ccc(CNC(=O)Nc2ccc(Cl)cc2C)cc1. The highest BCUT2D eigenvalue weighted by atomic mass is 35.5. The van der Waals surface area contributed by atoms with Crippen LogP contribution in [-0.2, 0) is 6.54 Å². The van der Waals surface area contributed by atoms with E-state index in [-0.39, 0.29) is 11.9 Å². The number of hydrogen-bond acceptors (Lipinski definition) is 2. The van der Waals surface area contributed by atoms with Crippen molar-refractivity contribution in [2.45, 2.75) is 13.5 Å². The van der Waals surface area contributed by atoms with Crippen molar-refractivity contribution in [1.29, 1.82) is 0 Å². The highest BCUT2D eigenvalue weighted by Crippen LogP contribution is 2.19. The van der Waals surface area contributed by atoms with Crippen molar-refractivity contribution >= 4 is 29.2 Å². The molecule has 0 aromatic heterocycles. The van der Waals surface area contributed by atoms with Gasteiger partial charge in [-0.15, -0.1) is 0 Å². The minimum atomic E-state index is -0.300. The van der Waals surface area contributed by atoms with Gasteiger partial charge in [-0.3, -0.25) is 4.79 Å². The number of rotatable bonds is 4. The summed E-state index contributed by atoms with van der Waals surface area (Å²) in [5.74, 6) is -0.138. The first-order valence-corrected chi connectivity index (χ1v) is 7.49. The van der Waals surface area contributed by atoms with Crippen molar-refractivity contribution in [2.24, 2.45) is 0 Å². The highest BCUT2D eigenvalue weighted by Gasteiger charge is 2.06. The van der Waals surface area contributed by atoms with E-state index in [2.05, 4.69) is 16.0 Å². The molecule has 0 aliphatic rings. The smallest absolute Gasteiger partial charge is 0.319 e. The van der Waals surface area contributed by atoms with Crippen molar-refractivity contribution in [3.63, 3.8) is 0 Å². The van der Waals surface area contributed by atoms with E-state index in [0.717, 1.165) is 11.1 Å². The molecule has 0 saturated carbocycles. The van der Waals surface area contributed by atoms with E-state index in [9.17, 15) is 9.59 Å². The molecule has 5 nitrogen and oxygen atoms in total. The Kier molecular flexibility index (Phi) is 5.60. The van der Waals surface area contributed by atoms with Crippen LogP contribution >= 0.6 is 11.6 Å². The quantitative estimate of drug-likeness (QED) is 0.804. The van der Waals surface area contributed by atoms with Gasteiger partial charge in [-0.2, -0.15) is 0 Å². The molecule has 0 fully saturated rings. The van der Waals surface area contributed by atoms with Gasteiger partial charge in [0.05, 0.1) is 0 Å². The number of anilines is 1. The summed E-state index contributed by atoms with van der Waals surface area (Å²) in [7, 11) is 1.58. The van der Waals surface area contributed by atoms with Gasteiger partial charge < -0.3 is 16.0 Å². The zero-order chi connectivity index (χ0) is 16.8. The van der Waals surface area contributed by atoms with E-state index in [0.29, 0.717) is 22.8 Å². The molecule has 0 spiro atoms. The van der Waals surface area contributed by atoms with Gasteiger partial charge >= 0.3 is 6.03 Å². The number of aryl methyl sites for hydroxylation is 1. The summed E-state index contributed by atoms with van der Waals surface area (Å²) in [6.45, 7) is 2.24. The van der Waals surface area contributed by atoms with E-state index >= 15 is 0 Å². The van der Waals surface area contributed by atoms with Crippen LogP contribution in [-0.4, -0.2) is 19.0 Å². The van der Waals surface area contributed by atoms with E-state index in [1.54, 1.807) is 49.5 Å². The summed E-state index contributed by atoms with van der Waals surface area (Å²) in [6.07, 6.45) is 0. The molecule has 2 rings (SSSR count). The number of urea groups is 1. The lowest BCUT2D eigenvalue weighted by atomic mass is 10.1. The molecule has 3 N–H and O–H groups in total. The maximum atomic E-state index is 11.9. The van der Waals surface area contributed by atoms with Crippen LogP contribution in [0.1, 0.15) is 21.5 Å². The lowest BCUT2D eigenvalue weighted by Crippen LogP contribution is -2.28. The standard InChI is InChI=1S/C17H18ClN3O2/c1-11-9-14(18)7-8-15(11)21-17(23)20-10-12-3-5-13(6-4-12)16(22)19-2/h3-9H,10H2,1-2H3,(H,19,22)(H2,20,21,23). The van der Waals surface area contributed by atoms with Crippen LogP contribution in [0.25, 0.3) is 0 Å². The molecular weight excluding hydrogens is 314 g/mol. The van der Waals surface area contributed by atoms with E-state index < -0.39 is 0 Å². The summed E-state index contributed by atoms with van der Waals surface area (Å²) < 4.78 is 0. The van der Waals surface area contributed by atoms with Crippen LogP contribution in [0.4, 0.5) is 10.5 Å². The van der Waals surface area contributed by atoms with E-state index in [1.807, 2.05) is 6.92 Å². The Bertz CT molecular complexity index is 714. The van der Waals surface area contributed by atoms with Crippen LogP contribution in [0.15, 0.2) is 42.5 Å². The van der Waals surface area contributed by atoms with Crippen LogP contribution < -0.4 is 16.0 Å². The van der Waals surface area contributed by atoms with Gasteiger partial charge in [-0.25, -0.2) is 4.79 Å². The summed E-state index contributed by atoms with van der Waals surface area (Å²) in [5.41, 5.74) is 3.09. The Morgan fingerprint density at radius 3 is 2.39 bits per heavy atom. The number of nitrogens with one attached hydrogen (secondary N) is 3. The van der Waals surface area contributed by atoms with Gasteiger partial charge in [0.1, 0.15) is 0 Å². The number of carbonyl (C=O) groups is 2. The van der Waals surface area contributed by atoms with Crippen LogP contribution in [0.2, 0.25) is 5.02 Å². The topological polar surface area (TPSA) is 70.2 Å².